The van der Waals surface area contributed by atoms with Crippen LogP contribution >= 0.6 is 0 Å². The molecule has 0 unspecified atom stereocenters. The van der Waals surface area contributed by atoms with E-state index in [2.05, 4.69) is 167 Å². The molecule has 0 bridgehead atoms. The molecule has 3 heterocycles. The number of para-hydroxylation sites is 3. The van der Waals surface area contributed by atoms with Crippen molar-refractivity contribution in [2.24, 2.45) is 0 Å². The molecule has 0 spiro atoms. The average Bonchev–Trinajstić information content (AvgIpc) is 3.82. The molecule has 0 radical (unpaired) electrons. The minimum absolute atomic E-state index is 0.908. The summed E-state index contributed by atoms with van der Waals surface area (Å²) >= 11 is 0. The monoisotopic (exact) mass is 624 g/mol. The third kappa shape index (κ3) is 3.78. The quantitative estimate of drug-likeness (QED) is 0.192. The second-order valence-electron chi connectivity index (χ2n) is 12.9. The van der Waals surface area contributed by atoms with Crippen molar-refractivity contribution in [2.45, 2.75) is 0 Å². The highest BCUT2D eigenvalue weighted by Gasteiger charge is 2.20. The van der Waals surface area contributed by atoms with Gasteiger partial charge in [0.1, 0.15) is 11.2 Å². The fourth-order valence-corrected chi connectivity index (χ4v) is 8.12. The number of aromatic nitrogens is 2. The van der Waals surface area contributed by atoms with Crippen LogP contribution in [0, 0.1) is 0 Å². The molecule has 0 saturated heterocycles. The van der Waals surface area contributed by atoms with E-state index in [4.69, 9.17) is 4.42 Å². The molecule has 0 atom stereocenters. The molecule has 11 rings (SSSR count). The zero-order chi connectivity index (χ0) is 32.1. The van der Waals surface area contributed by atoms with Crippen LogP contribution in [0.25, 0.3) is 98.8 Å². The highest BCUT2D eigenvalue weighted by Crippen LogP contribution is 2.43. The van der Waals surface area contributed by atoms with Crippen LogP contribution in [0.5, 0.6) is 0 Å². The highest BCUT2D eigenvalue weighted by molar-refractivity contribution is 6.29. The Morgan fingerprint density at radius 3 is 1.67 bits per heavy atom. The van der Waals surface area contributed by atoms with Gasteiger partial charge in [0.2, 0.25) is 0 Å². The third-order valence-electron chi connectivity index (χ3n) is 10.3. The van der Waals surface area contributed by atoms with Gasteiger partial charge in [0.15, 0.2) is 0 Å². The molecule has 228 valence electrons. The fourth-order valence-electron chi connectivity index (χ4n) is 8.12. The molecule has 49 heavy (non-hydrogen) atoms. The van der Waals surface area contributed by atoms with Crippen LogP contribution in [-0.2, 0) is 0 Å². The summed E-state index contributed by atoms with van der Waals surface area (Å²) in [6.07, 6.45) is 0. The van der Waals surface area contributed by atoms with Crippen LogP contribution in [-0.4, -0.2) is 9.13 Å². The summed E-state index contributed by atoms with van der Waals surface area (Å²) in [6.45, 7) is 0. The molecule has 3 nitrogen and oxygen atoms in total. The van der Waals surface area contributed by atoms with Crippen LogP contribution in [0.2, 0.25) is 0 Å². The highest BCUT2D eigenvalue weighted by atomic mass is 16.3. The van der Waals surface area contributed by atoms with Crippen LogP contribution in [0.1, 0.15) is 0 Å². The van der Waals surface area contributed by atoms with Gasteiger partial charge in [-0.05, 0) is 88.6 Å². The van der Waals surface area contributed by atoms with Gasteiger partial charge in [-0.2, -0.15) is 0 Å². The van der Waals surface area contributed by atoms with Gasteiger partial charge in [-0.15, -0.1) is 0 Å². The Labute approximate surface area is 281 Å². The number of furan rings is 1. The van der Waals surface area contributed by atoms with Gasteiger partial charge in [0.05, 0.1) is 22.1 Å². The predicted molar refractivity (Wildman–Crippen MR) is 205 cm³/mol. The van der Waals surface area contributed by atoms with Crippen LogP contribution in [0.4, 0.5) is 0 Å². The maximum atomic E-state index is 6.26. The lowest BCUT2D eigenvalue weighted by Crippen LogP contribution is -1.95. The molecular formula is C46H28N2O. The molecule has 0 amide bonds. The Bertz CT molecular complexity index is 3120. The molecular weight excluding hydrogens is 597 g/mol. The number of rotatable bonds is 3. The van der Waals surface area contributed by atoms with Gasteiger partial charge in [0, 0.05) is 43.7 Å². The summed E-state index contributed by atoms with van der Waals surface area (Å²) in [5, 5.41) is 9.84. The number of hydrogen-bond donors (Lipinski definition) is 0. The van der Waals surface area contributed by atoms with E-state index >= 15 is 0 Å². The summed E-state index contributed by atoms with van der Waals surface area (Å²) < 4.78 is 11.1. The number of nitrogens with zero attached hydrogens (tertiary/aromatic N) is 2. The molecule has 3 aromatic heterocycles. The van der Waals surface area contributed by atoms with Gasteiger partial charge >= 0.3 is 0 Å². The molecule has 0 N–H and O–H groups in total. The SMILES string of the molecule is c1cc(-c2ccc3c(c2)oc2ccccc23)cc(-n2c3ccccc3c3c4c5ccccc5n(-c5ccc6ccccc6c5)c4ccc32)c1. The first-order chi connectivity index (χ1) is 24.3. The molecule has 8 aromatic carbocycles. The Balaban J connectivity index is 1.16. The second kappa shape index (κ2) is 9.96. The largest absolute Gasteiger partial charge is 0.456 e. The van der Waals surface area contributed by atoms with Crippen molar-refractivity contribution in [1.29, 1.82) is 0 Å². The normalized spacial score (nSPS) is 12.1. The summed E-state index contributed by atoms with van der Waals surface area (Å²) in [6, 6.07) is 61.3. The maximum absolute atomic E-state index is 6.26. The molecule has 0 aliphatic rings. The summed E-state index contributed by atoms with van der Waals surface area (Å²) in [4.78, 5) is 0. The molecule has 0 fully saturated rings. The van der Waals surface area contributed by atoms with Gasteiger partial charge < -0.3 is 13.6 Å². The zero-order valence-corrected chi connectivity index (χ0v) is 26.5. The lowest BCUT2D eigenvalue weighted by molar-refractivity contribution is 0.669. The minimum Gasteiger partial charge on any atom is -0.456 e. The number of hydrogen-bond acceptors (Lipinski definition) is 1. The molecule has 0 aliphatic carbocycles. The first-order valence-electron chi connectivity index (χ1n) is 16.8. The Morgan fingerprint density at radius 2 is 0.918 bits per heavy atom. The lowest BCUT2D eigenvalue weighted by Gasteiger charge is -2.11. The number of benzene rings is 8. The van der Waals surface area contributed by atoms with Crippen LogP contribution < -0.4 is 0 Å². The van der Waals surface area contributed by atoms with E-state index in [0.29, 0.717) is 0 Å². The van der Waals surface area contributed by atoms with Crippen LogP contribution in [0.3, 0.4) is 0 Å². The Morgan fingerprint density at radius 1 is 0.327 bits per heavy atom. The summed E-state index contributed by atoms with van der Waals surface area (Å²) in [7, 11) is 0. The molecule has 0 aliphatic heterocycles. The predicted octanol–water partition coefficient (Wildman–Crippen LogP) is 12.6. The van der Waals surface area contributed by atoms with Crippen molar-refractivity contribution in [3.63, 3.8) is 0 Å². The molecule has 11 aromatic rings. The Kier molecular flexibility index (Phi) is 5.38. The zero-order valence-electron chi connectivity index (χ0n) is 26.5. The van der Waals surface area contributed by atoms with Crippen molar-refractivity contribution in [3.8, 4) is 22.5 Å². The topological polar surface area (TPSA) is 23.0 Å². The van der Waals surface area contributed by atoms with Crippen molar-refractivity contribution >= 4 is 76.3 Å². The first-order valence-corrected chi connectivity index (χ1v) is 16.8. The van der Waals surface area contributed by atoms with E-state index in [0.717, 1.165) is 38.8 Å². The molecule has 0 saturated carbocycles. The van der Waals surface area contributed by atoms with E-state index in [1.165, 1.54) is 60.1 Å². The minimum atomic E-state index is 0.908. The van der Waals surface area contributed by atoms with E-state index < -0.39 is 0 Å². The Hall–Kier alpha value is -6.58. The van der Waals surface area contributed by atoms with Gasteiger partial charge in [-0.25, -0.2) is 0 Å². The van der Waals surface area contributed by atoms with E-state index in [9.17, 15) is 0 Å². The smallest absolute Gasteiger partial charge is 0.136 e. The standard InChI is InChI=1S/C46H28N2O/c1-2-11-30-26-34(22-20-29(30)10-1)48-40-18-7-4-16-38(40)46-42(48)25-24-41-45(46)37-15-3-6-17-39(37)47(41)33-13-9-12-31(27-33)32-21-23-36-35-14-5-8-19-43(35)49-44(36)28-32/h1-28H. The van der Waals surface area contributed by atoms with Gasteiger partial charge in [-0.3, -0.25) is 0 Å². The van der Waals surface area contributed by atoms with Crippen molar-refractivity contribution in [2.75, 3.05) is 0 Å². The maximum Gasteiger partial charge on any atom is 0.136 e. The van der Waals surface area contributed by atoms with Crippen molar-refractivity contribution in [1.82, 2.24) is 9.13 Å². The van der Waals surface area contributed by atoms with E-state index in [1.54, 1.807) is 0 Å². The molecule has 3 heteroatoms. The number of fused-ring (bicyclic) bond motifs is 11. The fraction of sp³-hybridized carbons (Fsp3) is 0. The summed E-state index contributed by atoms with van der Waals surface area (Å²) in [5.74, 6) is 0. The third-order valence-corrected chi connectivity index (χ3v) is 10.3. The second-order valence-corrected chi connectivity index (χ2v) is 12.9. The summed E-state index contributed by atoms with van der Waals surface area (Å²) in [5.41, 5.74) is 11.2. The first kappa shape index (κ1) is 26.5. The van der Waals surface area contributed by atoms with Crippen molar-refractivity contribution in [3.05, 3.63) is 170 Å². The van der Waals surface area contributed by atoms with Gasteiger partial charge in [0.25, 0.3) is 0 Å². The van der Waals surface area contributed by atoms with E-state index in [1.807, 2.05) is 12.1 Å². The average molecular weight is 625 g/mol. The van der Waals surface area contributed by atoms with Gasteiger partial charge in [-0.1, -0.05) is 103 Å². The van der Waals surface area contributed by atoms with Crippen LogP contribution in [0.15, 0.2) is 174 Å². The van der Waals surface area contributed by atoms with Crippen molar-refractivity contribution < 1.29 is 4.42 Å². The van der Waals surface area contributed by atoms with E-state index in [-0.39, 0.29) is 0 Å². The lowest BCUT2D eigenvalue weighted by atomic mass is 10.0.